The molecule has 2 saturated heterocycles. The number of carbonyl (C=O) groups is 1. The largest absolute Gasteiger partial charge is 0.339 e. The van der Waals surface area contributed by atoms with E-state index in [4.69, 9.17) is 0 Å². The maximum atomic E-state index is 13.4. The second kappa shape index (κ2) is 6.67. The summed E-state index contributed by atoms with van der Waals surface area (Å²) in [4.78, 5) is 17.7. The van der Waals surface area contributed by atoms with E-state index < -0.39 is 5.54 Å². The molecule has 1 unspecified atom stereocenters. The highest BCUT2D eigenvalue weighted by Gasteiger charge is 2.51. The fourth-order valence-corrected chi connectivity index (χ4v) is 6.19. The van der Waals surface area contributed by atoms with Crippen molar-refractivity contribution in [1.82, 2.24) is 10.2 Å². The molecule has 2 aliphatic carbocycles. The fourth-order valence-electron chi connectivity index (χ4n) is 6.19. The number of nitrogens with zero attached hydrogens (tertiary/aromatic N) is 2. The van der Waals surface area contributed by atoms with Gasteiger partial charge in [0, 0.05) is 24.8 Å². The summed E-state index contributed by atoms with van der Waals surface area (Å²) in [5.74, 6) is 0.495. The number of nitrogens with one attached hydrogen (secondary N) is 1. The van der Waals surface area contributed by atoms with Gasteiger partial charge in [0.1, 0.15) is 11.4 Å². The highest BCUT2D eigenvalue weighted by Crippen LogP contribution is 2.50. The number of hydrogen-bond donors (Lipinski definition) is 1. The SMILES string of the molecule is O=C1NCN(c2ccc(F)cc2)C12CCN([C@@H]1CC3CC=Cc4cccc1c43)CC2. The van der Waals surface area contributed by atoms with E-state index in [1.807, 2.05) is 0 Å². The van der Waals surface area contributed by atoms with Gasteiger partial charge < -0.3 is 10.2 Å². The number of benzene rings is 2. The van der Waals surface area contributed by atoms with E-state index in [1.54, 1.807) is 17.7 Å². The Kier molecular flexibility index (Phi) is 4.03. The number of amides is 1. The topological polar surface area (TPSA) is 35.6 Å². The van der Waals surface area contributed by atoms with Crippen molar-refractivity contribution in [2.24, 2.45) is 0 Å². The molecule has 2 aromatic carbocycles. The van der Waals surface area contributed by atoms with Crippen LogP contribution in [0.1, 0.15) is 54.3 Å². The number of anilines is 1. The molecule has 30 heavy (non-hydrogen) atoms. The van der Waals surface area contributed by atoms with Crippen molar-refractivity contribution < 1.29 is 9.18 Å². The van der Waals surface area contributed by atoms with Gasteiger partial charge in [-0.25, -0.2) is 4.39 Å². The zero-order valence-corrected chi connectivity index (χ0v) is 17.0. The molecular weight excluding hydrogens is 377 g/mol. The molecule has 1 amide bonds. The summed E-state index contributed by atoms with van der Waals surface area (Å²) >= 11 is 0. The monoisotopic (exact) mass is 403 g/mol. The Morgan fingerprint density at radius 2 is 1.87 bits per heavy atom. The normalized spacial score (nSPS) is 26.8. The molecule has 4 aliphatic rings. The molecular formula is C25H26FN3O. The Labute approximate surface area is 176 Å². The summed E-state index contributed by atoms with van der Waals surface area (Å²) in [6, 6.07) is 13.7. The summed E-state index contributed by atoms with van der Waals surface area (Å²) in [5.41, 5.74) is 4.82. The number of allylic oxidation sites excluding steroid dienone is 1. The molecule has 1 spiro atoms. The maximum Gasteiger partial charge on any atom is 0.247 e. The molecule has 5 heteroatoms. The fraction of sp³-hybridized carbons (Fsp3) is 0.400. The van der Waals surface area contributed by atoms with Crippen LogP contribution in [0.15, 0.2) is 48.5 Å². The van der Waals surface area contributed by atoms with Crippen molar-refractivity contribution >= 4 is 17.7 Å². The van der Waals surface area contributed by atoms with Gasteiger partial charge in [-0.15, -0.1) is 0 Å². The number of carbonyl (C=O) groups excluding carboxylic acids is 1. The second-order valence-electron chi connectivity index (χ2n) is 9.07. The predicted molar refractivity (Wildman–Crippen MR) is 116 cm³/mol. The molecule has 0 aromatic heterocycles. The van der Waals surface area contributed by atoms with E-state index in [0.717, 1.165) is 38.0 Å². The second-order valence-corrected chi connectivity index (χ2v) is 9.07. The van der Waals surface area contributed by atoms with E-state index in [-0.39, 0.29) is 11.7 Å². The molecule has 6 rings (SSSR count). The number of halogens is 1. The molecule has 2 atom stereocenters. The summed E-state index contributed by atoms with van der Waals surface area (Å²) < 4.78 is 13.4. The van der Waals surface area contributed by atoms with Crippen LogP contribution in [0.25, 0.3) is 6.08 Å². The summed E-state index contributed by atoms with van der Waals surface area (Å²) in [6.07, 6.45) is 8.49. The van der Waals surface area contributed by atoms with Crippen molar-refractivity contribution in [2.75, 3.05) is 24.7 Å². The number of likely N-dealkylation sites (tertiary alicyclic amines) is 1. The van der Waals surface area contributed by atoms with Crippen molar-refractivity contribution in [3.05, 3.63) is 71.0 Å². The van der Waals surface area contributed by atoms with Crippen LogP contribution in [0.4, 0.5) is 10.1 Å². The van der Waals surface area contributed by atoms with Gasteiger partial charge in [-0.2, -0.15) is 0 Å². The standard InChI is InChI=1S/C25H26FN3O/c26-19-7-9-20(10-8-19)29-16-27-24(30)25(29)11-13-28(14-12-25)22-15-18-5-1-3-17-4-2-6-21(22)23(17)18/h1-4,6-10,18,22H,5,11-16H2,(H,27,30)/t18?,22-/m1/s1. The van der Waals surface area contributed by atoms with Gasteiger partial charge >= 0.3 is 0 Å². The molecule has 2 aliphatic heterocycles. The Morgan fingerprint density at radius 3 is 2.67 bits per heavy atom. The van der Waals surface area contributed by atoms with Crippen LogP contribution < -0.4 is 10.2 Å². The zero-order chi connectivity index (χ0) is 20.3. The third-order valence-corrected chi connectivity index (χ3v) is 7.71. The Bertz CT molecular complexity index is 1020. The van der Waals surface area contributed by atoms with Crippen molar-refractivity contribution in [3.8, 4) is 0 Å². The van der Waals surface area contributed by atoms with Crippen LogP contribution in [0.2, 0.25) is 0 Å². The molecule has 154 valence electrons. The summed E-state index contributed by atoms with van der Waals surface area (Å²) in [7, 11) is 0. The van der Waals surface area contributed by atoms with Crippen molar-refractivity contribution in [1.29, 1.82) is 0 Å². The van der Waals surface area contributed by atoms with Crippen LogP contribution in [-0.2, 0) is 4.79 Å². The first-order valence-corrected chi connectivity index (χ1v) is 11.0. The number of rotatable bonds is 2. The highest BCUT2D eigenvalue weighted by atomic mass is 19.1. The lowest BCUT2D eigenvalue weighted by molar-refractivity contribution is -0.125. The Morgan fingerprint density at radius 1 is 1.07 bits per heavy atom. The number of piperidine rings is 1. The van der Waals surface area contributed by atoms with Crippen LogP contribution in [0, 0.1) is 5.82 Å². The van der Waals surface area contributed by atoms with Gasteiger partial charge in [0.25, 0.3) is 0 Å². The summed E-state index contributed by atoms with van der Waals surface area (Å²) in [6.45, 7) is 2.30. The average Bonchev–Trinajstić information content (AvgIpc) is 3.30. The first-order chi connectivity index (χ1) is 14.7. The Hall–Kier alpha value is -2.66. The molecule has 0 radical (unpaired) electrons. The minimum Gasteiger partial charge on any atom is -0.339 e. The van der Waals surface area contributed by atoms with Gasteiger partial charge in [-0.1, -0.05) is 30.4 Å². The van der Waals surface area contributed by atoms with Crippen LogP contribution in [0.3, 0.4) is 0 Å². The van der Waals surface area contributed by atoms with Crippen molar-refractivity contribution in [2.45, 2.75) is 43.2 Å². The molecule has 2 aromatic rings. The Balaban J connectivity index is 1.25. The lowest BCUT2D eigenvalue weighted by Gasteiger charge is -2.45. The molecule has 2 fully saturated rings. The van der Waals surface area contributed by atoms with Crippen LogP contribution in [0.5, 0.6) is 0 Å². The predicted octanol–water partition coefficient (Wildman–Crippen LogP) is 4.20. The first kappa shape index (κ1) is 18.1. The van der Waals surface area contributed by atoms with Crippen LogP contribution in [-0.4, -0.2) is 36.1 Å². The highest BCUT2D eigenvalue weighted by molar-refractivity contribution is 5.93. The van der Waals surface area contributed by atoms with E-state index in [2.05, 4.69) is 45.5 Å². The minimum absolute atomic E-state index is 0.112. The first-order valence-electron chi connectivity index (χ1n) is 11.0. The van der Waals surface area contributed by atoms with Crippen LogP contribution >= 0.6 is 0 Å². The van der Waals surface area contributed by atoms with E-state index in [0.29, 0.717) is 18.6 Å². The number of hydrogen-bond acceptors (Lipinski definition) is 3. The molecule has 0 saturated carbocycles. The molecule has 0 bridgehead atoms. The molecule has 1 N–H and O–H groups in total. The smallest absolute Gasteiger partial charge is 0.247 e. The zero-order valence-electron chi connectivity index (χ0n) is 17.0. The van der Waals surface area contributed by atoms with Gasteiger partial charge in [-0.05, 0) is 72.6 Å². The van der Waals surface area contributed by atoms with E-state index in [1.165, 1.54) is 29.7 Å². The van der Waals surface area contributed by atoms with Crippen molar-refractivity contribution in [3.63, 3.8) is 0 Å². The third-order valence-electron chi connectivity index (χ3n) is 7.71. The third kappa shape index (κ3) is 2.58. The lowest BCUT2D eigenvalue weighted by atomic mass is 9.84. The lowest BCUT2D eigenvalue weighted by Crippen LogP contribution is -2.56. The van der Waals surface area contributed by atoms with Gasteiger partial charge in [-0.3, -0.25) is 9.69 Å². The van der Waals surface area contributed by atoms with Gasteiger partial charge in [0.2, 0.25) is 5.91 Å². The maximum absolute atomic E-state index is 13.4. The van der Waals surface area contributed by atoms with Gasteiger partial charge in [0.05, 0.1) is 6.67 Å². The molecule has 4 nitrogen and oxygen atoms in total. The summed E-state index contributed by atoms with van der Waals surface area (Å²) in [5, 5.41) is 3.04. The van der Waals surface area contributed by atoms with E-state index >= 15 is 0 Å². The van der Waals surface area contributed by atoms with Gasteiger partial charge in [0.15, 0.2) is 0 Å². The average molecular weight is 404 g/mol. The quantitative estimate of drug-likeness (QED) is 0.816. The molecule has 2 heterocycles. The minimum atomic E-state index is -0.521. The van der Waals surface area contributed by atoms with E-state index in [9.17, 15) is 9.18 Å².